The highest BCUT2D eigenvalue weighted by atomic mass is 15.1. The molecule has 3 aromatic rings. The standard InChI is InChI=1S/C19H19N5/c1-2-15(12-21-7-1)13-24-10-5-17-18(6-11-24)22-14-23-19(17)16-3-8-20-9-4-16/h1-4,7-9,12,14H,5-6,10-11,13H2. The first kappa shape index (κ1) is 14.9. The van der Waals surface area contributed by atoms with Crippen molar-refractivity contribution in [2.45, 2.75) is 19.4 Å². The lowest BCUT2D eigenvalue weighted by Crippen LogP contribution is -2.26. The topological polar surface area (TPSA) is 54.8 Å². The highest BCUT2D eigenvalue weighted by Crippen LogP contribution is 2.25. The average molecular weight is 317 g/mol. The Morgan fingerprint density at radius 3 is 2.62 bits per heavy atom. The van der Waals surface area contributed by atoms with Gasteiger partial charge in [0.2, 0.25) is 0 Å². The number of aromatic nitrogens is 4. The Kier molecular flexibility index (Phi) is 4.25. The van der Waals surface area contributed by atoms with Gasteiger partial charge in [-0.2, -0.15) is 0 Å². The van der Waals surface area contributed by atoms with Gasteiger partial charge in [-0.25, -0.2) is 9.97 Å². The Hall–Kier alpha value is -2.66. The van der Waals surface area contributed by atoms with Gasteiger partial charge in [0.25, 0.3) is 0 Å². The van der Waals surface area contributed by atoms with Crippen molar-refractivity contribution in [2.24, 2.45) is 0 Å². The molecule has 0 bridgehead atoms. The van der Waals surface area contributed by atoms with Crippen LogP contribution in [0.1, 0.15) is 16.8 Å². The molecule has 0 radical (unpaired) electrons. The van der Waals surface area contributed by atoms with E-state index in [1.807, 2.05) is 43.0 Å². The second-order valence-electron chi connectivity index (χ2n) is 6.02. The molecule has 1 aliphatic rings. The molecule has 0 spiro atoms. The minimum absolute atomic E-state index is 0.930. The molecular weight excluding hydrogens is 298 g/mol. The number of fused-ring (bicyclic) bond motifs is 1. The molecule has 0 N–H and O–H groups in total. The van der Waals surface area contributed by atoms with Gasteiger partial charge in [0.15, 0.2) is 0 Å². The van der Waals surface area contributed by atoms with Crippen LogP contribution in [0.15, 0.2) is 55.4 Å². The predicted molar refractivity (Wildman–Crippen MR) is 92.2 cm³/mol. The van der Waals surface area contributed by atoms with Gasteiger partial charge in [0, 0.05) is 67.7 Å². The van der Waals surface area contributed by atoms with Gasteiger partial charge in [-0.05, 0) is 30.2 Å². The molecular formula is C19H19N5. The molecule has 0 fully saturated rings. The normalized spacial score (nSPS) is 14.8. The van der Waals surface area contributed by atoms with Crippen LogP contribution in [0.25, 0.3) is 11.3 Å². The number of rotatable bonds is 3. The third kappa shape index (κ3) is 3.16. The molecule has 4 rings (SSSR count). The first-order chi connectivity index (χ1) is 11.9. The molecule has 0 unspecified atom stereocenters. The molecule has 4 heterocycles. The summed E-state index contributed by atoms with van der Waals surface area (Å²) in [5.74, 6) is 0. The SMILES string of the molecule is c1cncc(CN2CCc3ncnc(-c4ccncc4)c3CC2)c1. The van der Waals surface area contributed by atoms with E-state index in [9.17, 15) is 0 Å². The van der Waals surface area contributed by atoms with Crippen molar-refractivity contribution in [2.75, 3.05) is 13.1 Å². The quantitative estimate of drug-likeness (QED) is 0.743. The third-order valence-electron chi connectivity index (χ3n) is 4.46. The van der Waals surface area contributed by atoms with E-state index in [4.69, 9.17) is 0 Å². The van der Waals surface area contributed by atoms with Crippen LogP contribution < -0.4 is 0 Å². The molecule has 5 heteroatoms. The van der Waals surface area contributed by atoms with E-state index in [0.717, 1.165) is 43.7 Å². The van der Waals surface area contributed by atoms with E-state index in [2.05, 4.69) is 30.9 Å². The predicted octanol–water partition coefficient (Wildman–Crippen LogP) is 2.53. The zero-order valence-electron chi connectivity index (χ0n) is 13.5. The Morgan fingerprint density at radius 1 is 0.917 bits per heavy atom. The highest BCUT2D eigenvalue weighted by molar-refractivity contribution is 5.63. The second kappa shape index (κ2) is 6.84. The second-order valence-corrected chi connectivity index (χ2v) is 6.02. The van der Waals surface area contributed by atoms with Crippen LogP contribution in [0, 0.1) is 0 Å². The lowest BCUT2D eigenvalue weighted by Gasteiger charge is -2.19. The van der Waals surface area contributed by atoms with Crippen LogP contribution in [0.3, 0.4) is 0 Å². The lowest BCUT2D eigenvalue weighted by atomic mass is 10.0. The Bertz CT molecular complexity index is 805. The van der Waals surface area contributed by atoms with Gasteiger partial charge in [-0.1, -0.05) is 6.07 Å². The van der Waals surface area contributed by atoms with Gasteiger partial charge >= 0.3 is 0 Å². The van der Waals surface area contributed by atoms with Gasteiger partial charge in [0.05, 0.1) is 5.69 Å². The van der Waals surface area contributed by atoms with Crippen LogP contribution in [-0.4, -0.2) is 37.9 Å². The fraction of sp³-hybridized carbons (Fsp3) is 0.263. The largest absolute Gasteiger partial charge is 0.298 e. The van der Waals surface area contributed by atoms with Crippen LogP contribution in [0.5, 0.6) is 0 Å². The minimum Gasteiger partial charge on any atom is -0.298 e. The first-order valence-corrected chi connectivity index (χ1v) is 8.24. The van der Waals surface area contributed by atoms with Crippen molar-refractivity contribution >= 4 is 0 Å². The summed E-state index contributed by atoms with van der Waals surface area (Å²) in [4.78, 5) is 19.9. The van der Waals surface area contributed by atoms with Crippen molar-refractivity contribution in [3.8, 4) is 11.3 Å². The molecule has 24 heavy (non-hydrogen) atoms. The highest BCUT2D eigenvalue weighted by Gasteiger charge is 2.19. The van der Waals surface area contributed by atoms with Crippen LogP contribution >= 0.6 is 0 Å². The van der Waals surface area contributed by atoms with Crippen LogP contribution in [-0.2, 0) is 19.4 Å². The Labute approximate surface area is 141 Å². The van der Waals surface area contributed by atoms with Crippen molar-refractivity contribution < 1.29 is 0 Å². The van der Waals surface area contributed by atoms with Crippen molar-refractivity contribution in [1.82, 2.24) is 24.8 Å². The number of nitrogens with zero attached hydrogens (tertiary/aromatic N) is 5. The third-order valence-corrected chi connectivity index (χ3v) is 4.46. The van der Waals surface area contributed by atoms with Crippen molar-refractivity contribution in [3.05, 3.63) is 72.2 Å². The molecule has 0 aromatic carbocycles. The maximum atomic E-state index is 4.55. The number of hydrogen-bond donors (Lipinski definition) is 0. The lowest BCUT2D eigenvalue weighted by molar-refractivity contribution is 0.278. The minimum atomic E-state index is 0.930. The molecule has 120 valence electrons. The smallest absolute Gasteiger partial charge is 0.116 e. The van der Waals surface area contributed by atoms with Gasteiger partial charge in [0.1, 0.15) is 6.33 Å². The van der Waals surface area contributed by atoms with Crippen LogP contribution in [0.4, 0.5) is 0 Å². The zero-order valence-corrected chi connectivity index (χ0v) is 13.5. The van der Waals surface area contributed by atoms with Gasteiger partial charge < -0.3 is 0 Å². The molecule has 3 aromatic heterocycles. The van der Waals surface area contributed by atoms with E-state index in [0.29, 0.717) is 0 Å². The summed E-state index contributed by atoms with van der Waals surface area (Å²) in [5, 5.41) is 0. The van der Waals surface area contributed by atoms with Gasteiger partial charge in [-0.15, -0.1) is 0 Å². The Morgan fingerprint density at radius 2 is 1.79 bits per heavy atom. The van der Waals surface area contributed by atoms with E-state index >= 15 is 0 Å². The molecule has 0 aliphatic carbocycles. The maximum Gasteiger partial charge on any atom is 0.116 e. The maximum absolute atomic E-state index is 4.55. The molecule has 0 amide bonds. The average Bonchev–Trinajstić information content (AvgIpc) is 2.86. The fourth-order valence-corrected chi connectivity index (χ4v) is 3.24. The van der Waals surface area contributed by atoms with E-state index in [1.54, 1.807) is 6.33 Å². The fourth-order valence-electron chi connectivity index (χ4n) is 3.24. The van der Waals surface area contributed by atoms with E-state index in [-0.39, 0.29) is 0 Å². The zero-order chi connectivity index (χ0) is 16.2. The monoisotopic (exact) mass is 317 g/mol. The number of pyridine rings is 2. The molecule has 1 aliphatic heterocycles. The van der Waals surface area contributed by atoms with Crippen LogP contribution in [0.2, 0.25) is 0 Å². The molecule has 5 nitrogen and oxygen atoms in total. The summed E-state index contributed by atoms with van der Waals surface area (Å²) in [6.07, 6.45) is 11.0. The summed E-state index contributed by atoms with van der Waals surface area (Å²) in [6.45, 7) is 2.95. The molecule has 0 atom stereocenters. The summed E-state index contributed by atoms with van der Waals surface area (Å²) in [6, 6.07) is 8.16. The number of hydrogen-bond acceptors (Lipinski definition) is 5. The summed E-state index contributed by atoms with van der Waals surface area (Å²) in [7, 11) is 0. The Balaban J connectivity index is 1.57. The van der Waals surface area contributed by atoms with Crippen molar-refractivity contribution in [1.29, 1.82) is 0 Å². The summed E-state index contributed by atoms with van der Waals surface area (Å²) in [5.41, 5.74) is 5.86. The van der Waals surface area contributed by atoms with E-state index < -0.39 is 0 Å². The summed E-state index contributed by atoms with van der Waals surface area (Å²) >= 11 is 0. The van der Waals surface area contributed by atoms with Crippen molar-refractivity contribution in [3.63, 3.8) is 0 Å². The summed E-state index contributed by atoms with van der Waals surface area (Å²) < 4.78 is 0. The van der Waals surface area contributed by atoms with Gasteiger partial charge in [-0.3, -0.25) is 14.9 Å². The van der Waals surface area contributed by atoms with E-state index in [1.165, 1.54) is 16.8 Å². The molecule has 0 saturated carbocycles. The molecule has 0 saturated heterocycles. The first-order valence-electron chi connectivity index (χ1n) is 8.24.